The molecule has 0 aliphatic carbocycles. The molecule has 2 aromatic heterocycles. The lowest BCUT2D eigenvalue weighted by atomic mass is 10.2. The summed E-state index contributed by atoms with van der Waals surface area (Å²) in [4.78, 5) is 32.7. The number of anilines is 1. The molecule has 0 saturated carbocycles. The summed E-state index contributed by atoms with van der Waals surface area (Å²) in [6, 6.07) is 14.5. The Balaban J connectivity index is 1.26. The molecule has 0 unspecified atom stereocenters. The lowest BCUT2D eigenvalue weighted by Crippen LogP contribution is -2.33. The number of amides is 2. The zero-order chi connectivity index (χ0) is 21.6. The van der Waals surface area contributed by atoms with E-state index in [0.29, 0.717) is 16.4 Å². The molecule has 0 saturated heterocycles. The zero-order valence-electron chi connectivity index (χ0n) is 16.2. The predicted molar refractivity (Wildman–Crippen MR) is 119 cm³/mol. The minimum atomic E-state index is -0.322. The molecule has 0 atom stereocenters. The summed E-state index contributed by atoms with van der Waals surface area (Å²) in [6.45, 7) is -0.134. The van der Waals surface area contributed by atoms with Gasteiger partial charge in [-0.2, -0.15) is 5.10 Å². The summed E-state index contributed by atoms with van der Waals surface area (Å²) >= 11 is 7.62. The molecular formula is C21H17ClN6O2S. The quantitative estimate of drug-likeness (QED) is 0.447. The van der Waals surface area contributed by atoms with Gasteiger partial charge in [-0.15, -0.1) is 11.3 Å². The first kappa shape index (κ1) is 20.7. The summed E-state index contributed by atoms with van der Waals surface area (Å²) in [5, 5.41) is 12.6. The Morgan fingerprint density at radius 3 is 2.61 bits per heavy atom. The number of halogens is 1. The van der Waals surface area contributed by atoms with Gasteiger partial charge in [-0.3, -0.25) is 9.59 Å². The SMILES string of the molecule is O=C(Cc1csc(-c2ccccc2Cl)n1)NCC(=O)Nc1ccc(-n2cncn2)cc1. The first-order valence-corrected chi connectivity index (χ1v) is 10.5. The van der Waals surface area contributed by atoms with Gasteiger partial charge >= 0.3 is 0 Å². The monoisotopic (exact) mass is 452 g/mol. The molecule has 2 amide bonds. The van der Waals surface area contributed by atoms with Crippen molar-refractivity contribution < 1.29 is 9.59 Å². The van der Waals surface area contributed by atoms with Crippen LogP contribution < -0.4 is 10.6 Å². The van der Waals surface area contributed by atoms with Crippen LogP contribution in [0.3, 0.4) is 0 Å². The van der Waals surface area contributed by atoms with Gasteiger partial charge in [0.1, 0.15) is 17.7 Å². The second-order valence-corrected chi connectivity index (χ2v) is 7.78. The van der Waals surface area contributed by atoms with E-state index in [4.69, 9.17) is 11.6 Å². The Labute approximate surface area is 186 Å². The van der Waals surface area contributed by atoms with E-state index in [1.165, 1.54) is 17.7 Å². The van der Waals surface area contributed by atoms with Gasteiger partial charge < -0.3 is 10.6 Å². The Morgan fingerprint density at radius 1 is 1.06 bits per heavy atom. The minimum Gasteiger partial charge on any atom is -0.347 e. The summed E-state index contributed by atoms with van der Waals surface area (Å²) in [6.07, 6.45) is 3.12. The van der Waals surface area contributed by atoms with Crippen LogP contribution in [0.2, 0.25) is 5.02 Å². The van der Waals surface area contributed by atoms with Crippen LogP contribution in [0.15, 0.2) is 66.6 Å². The van der Waals surface area contributed by atoms with Crippen molar-refractivity contribution in [3.63, 3.8) is 0 Å². The third kappa shape index (κ3) is 5.33. The largest absolute Gasteiger partial charge is 0.347 e. The number of thiazole rings is 1. The number of carbonyl (C=O) groups is 2. The highest BCUT2D eigenvalue weighted by atomic mass is 35.5. The van der Waals surface area contributed by atoms with Crippen LogP contribution in [0.4, 0.5) is 5.69 Å². The molecule has 0 spiro atoms. The highest BCUT2D eigenvalue weighted by molar-refractivity contribution is 7.13. The second-order valence-electron chi connectivity index (χ2n) is 6.51. The number of aromatic nitrogens is 4. The molecule has 0 fully saturated rings. The molecule has 2 N–H and O–H groups in total. The van der Waals surface area contributed by atoms with Gasteiger partial charge in [-0.25, -0.2) is 14.6 Å². The van der Waals surface area contributed by atoms with Crippen LogP contribution in [0, 0.1) is 0 Å². The van der Waals surface area contributed by atoms with E-state index in [1.54, 1.807) is 29.2 Å². The van der Waals surface area contributed by atoms with E-state index in [9.17, 15) is 9.59 Å². The topological polar surface area (TPSA) is 102 Å². The number of nitrogens with zero attached hydrogens (tertiary/aromatic N) is 4. The third-order valence-corrected chi connectivity index (χ3v) is 5.53. The van der Waals surface area contributed by atoms with Gasteiger partial charge in [0.15, 0.2) is 0 Å². The van der Waals surface area contributed by atoms with Crippen LogP contribution in [0.1, 0.15) is 5.69 Å². The fraction of sp³-hybridized carbons (Fsp3) is 0.0952. The molecule has 8 nitrogen and oxygen atoms in total. The van der Waals surface area contributed by atoms with Crippen molar-refractivity contribution in [1.82, 2.24) is 25.1 Å². The average Bonchev–Trinajstić information content (AvgIpc) is 3.46. The normalized spacial score (nSPS) is 10.6. The Morgan fingerprint density at radius 2 is 1.87 bits per heavy atom. The Bertz CT molecular complexity index is 1190. The molecule has 0 bridgehead atoms. The highest BCUT2D eigenvalue weighted by Gasteiger charge is 2.12. The standard InChI is InChI=1S/C21H17ClN6O2S/c22-18-4-2-1-3-17(18)21-27-15(11-31-21)9-19(29)24-10-20(30)26-14-5-7-16(8-6-14)28-13-23-12-25-28/h1-8,11-13H,9-10H2,(H,24,29)(H,26,30). The van der Waals surface area contributed by atoms with Crippen molar-refractivity contribution in [2.75, 3.05) is 11.9 Å². The van der Waals surface area contributed by atoms with E-state index in [1.807, 2.05) is 35.7 Å². The molecule has 4 aromatic rings. The fourth-order valence-electron chi connectivity index (χ4n) is 2.80. The van der Waals surface area contributed by atoms with Gasteiger partial charge in [0.2, 0.25) is 11.8 Å². The number of hydrogen-bond acceptors (Lipinski definition) is 6. The van der Waals surface area contributed by atoms with E-state index in [0.717, 1.165) is 16.3 Å². The number of benzene rings is 2. The summed E-state index contributed by atoms with van der Waals surface area (Å²) in [7, 11) is 0. The number of carbonyl (C=O) groups excluding carboxylic acids is 2. The van der Waals surface area contributed by atoms with Crippen LogP contribution in [-0.2, 0) is 16.0 Å². The molecule has 2 heterocycles. The molecular weight excluding hydrogens is 436 g/mol. The van der Waals surface area contributed by atoms with Crippen LogP contribution in [0.5, 0.6) is 0 Å². The van der Waals surface area contributed by atoms with E-state index < -0.39 is 0 Å². The minimum absolute atomic E-state index is 0.0842. The number of hydrogen-bond donors (Lipinski definition) is 2. The molecule has 0 aliphatic rings. The number of nitrogens with one attached hydrogen (secondary N) is 2. The highest BCUT2D eigenvalue weighted by Crippen LogP contribution is 2.30. The molecule has 31 heavy (non-hydrogen) atoms. The van der Waals surface area contributed by atoms with Crippen molar-refractivity contribution in [2.24, 2.45) is 0 Å². The molecule has 10 heteroatoms. The maximum atomic E-state index is 12.2. The van der Waals surface area contributed by atoms with Gasteiger partial charge in [0.25, 0.3) is 0 Å². The van der Waals surface area contributed by atoms with Gasteiger partial charge in [0.05, 0.1) is 29.4 Å². The fourth-order valence-corrected chi connectivity index (χ4v) is 3.94. The van der Waals surface area contributed by atoms with Crippen molar-refractivity contribution >= 4 is 40.4 Å². The Kier molecular flexibility index (Phi) is 6.34. The summed E-state index contributed by atoms with van der Waals surface area (Å²) in [5.41, 5.74) is 2.90. The van der Waals surface area contributed by atoms with Crippen molar-refractivity contribution in [1.29, 1.82) is 0 Å². The second kappa shape index (κ2) is 9.50. The lowest BCUT2D eigenvalue weighted by molar-refractivity contribution is -0.123. The zero-order valence-corrected chi connectivity index (χ0v) is 17.7. The average molecular weight is 453 g/mol. The lowest BCUT2D eigenvalue weighted by Gasteiger charge is -2.07. The van der Waals surface area contributed by atoms with E-state index >= 15 is 0 Å². The summed E-state index contributed by atoms with van der Waals surface area (Å²) < 4.78 is 1.61. The van der Waals surface area contributed by atoms with Gasteiger partial charge in [0, 0.05) is 16.6 Å². The van der Waals surface area contributed by atoms with Gasteiger partial charge in [-0.05, 0) is 30.3 Å². The molecule has 4 rings (SSSR count). The van der Waals surface area contributed by atoms with Crippen molar-refractivity contribution in [3.05, 3.63) is 77.3 Å². The van der Waals surface area contributed by atoms with Crippen LogP contribution in [-0.4, -0.2) is 38.1 Å². The molecule has 2 aromatic carbocycles. The molecule has 0 radical (unpaired) electrons. The van der Waals surface area contributed by atoms with Crippen LogP contribution in [0.25, 0.3) is 16.3 Å². The van der Waals surface area contributed by atoms with E-state index in [2.05, 4.69) is 25.7 Å². The summed E-state index contributed by atoms with van der Waals surface area (Å²) in [5.74, 6) is -0.607. The molecule has 156 valence electrons. The number of rotatable bonds is 7. The maximum Gasteiger partial charge on any atom is 0.243 e. The molecule has 0 aliphatic heterocycles. The predicted octanol–water partition coefficient (Wildman–Crippen LogP) is 3.34. The Hall–Kier alpha value is -3.56. The van der Waals surface area contributed by atoms with Crippen molar-refractivity contribution in [3.8, 4) is 16.3 Å². The van der Waals surface area contributed by atoms with Crippen molar-refractivity contribution in [2.45, 2.75) is 6.42 Å². The maximum absolute atomic E-state index is 12.2. The van der Waals surface area contributed by atoms with E-state index in [-0.39, 0.29) is 24.8 Å². The first-order valence-electron chi connectivity index (χ1n) is 9.29. The van der Waals surface area contributed by atoms with Gasteiger partial charge in [-0.1, -0.05) is 29.8 Å². The third-order valence-electron chi connectivity index (χ3n) is 4.28. The smallest absolute Gasteiger partial charge is 0.243 e. The van der Waals surface area contributed by atoms with Crippen LogP contribution >= 0.6 is 22.9 Å². The first-order chi connectivity index (χ1) is 15.1.